The van der Waals surface area contributed by atoms with E-state index in [4.69, 9.17) is 4.42 Å². The highest BCUT2D eigenvalue weighted by molar-refractivity contribution is 7.10. The van der Waals surface area contributed by atoms with Crippen molar-refractivity contribution in [2.24, 2.45) is 0 Å². The van der Waals surface area contributed by atoms with E-state index in [1.165, 1.54) is 6.26 Å². The summed E-state index contributed by atoms with van der Waals surface area (Å²) in [6.07, 6.45) is 1.87. The quantitative estimate of drug-likeness (QED) is 0.918. The minimum absolute atomic E-state index is 0.0386. The van der Waals surface area contributed by atoms with Crippen molar-refractivity contribution in [3.8, 4) is 0 Å². The lowest BCUT2D eigenvalue weighted by atomic mass is 10.2. The van der Waals surface area contributed by atoms with Gasteiger partial charge in [-0.15, -0.1) is 11.3 Å². The fourth-order valence-electron chi connectivity index (χ4n) is 2.66. The molecule has 1 unspecified atom stereocenters. The number of carbonyl (C=O) groups is 1. The minimum atomic E-state index is -0.386. The second-order valence-electron chi connectivity index (χ2n) is 5.43. The number of piperazine rings is 1. The first kappa shape index (κ1) is 15.3. The molecule has 0 spiro atoms. The maximum atomic E-state index is 12.2. The number of aliphatic hydroxyl groups is 1. The molecule has 6 heteroatoms. The van der Waals surface area contributed by atoms with Crippen LogP contribution in [-0.2, 0) is 0 Å². The van der Waals surface area contributed by atoms with E-state index < -0.39 is 0 Å². The molecule has 1 saturated heterocycles. The summed E-state index contributed by atoms with van der Waals surface area (Å²) in [5.74, 6) is 0.366. The predicted molar refractivity (Wildman–Crippen MR) is 84.9 cm³/mol. The summed E-state index contributed by atoms with van der Waals surface area (Å²) in [4.78, 5) is 17.3. The number of carbonyl (C=O) groups excluding carboxylic acids is 1. The molecule has 3 heterocycles. The fourth-order valence-corrected chi connectivity index (χ4v) is 3.40. The van der Waals surface area contributed by atoms with Gasteiger partial charge in [-0.05, 0) is 30.0 Å². The van der Waals surface area contributed by atoms with Gasteiger partial charge in [0.15, 0.2) is 5.76 Å². The summed E-state index contributed by atoms with van der Waals surface area (Å²) < 4.78 is 5.16. The van der Waals surface area contributed by atoms with Gasteiger partial charge in [0.2, 0.25) is 0 Å². The molecule has 0 radical (unpaired) electrons. The largest absolute Gasteiger partial charge is 0.459 e. The monoisotopic (exact) mass is 320 g/mol. The fraction of sp³-hybridized carbons (Fsp3) is 0.438. The Morgan fingerprint density at radius 1 is 1.27 bits per heavy atom. The van der Waals surface area contributed by atoms with E-state index in [2.05, 4.69) is 4.90 Å². The number of thiophene rings is 1. The Morgan fingerprint density at radius 3 is 2.73 bits per heavy atom. The highest BCUT2D eigenvalue weighted by Gasteiger charge is 2.23. The Bertz CT molecular complexity index is 575. The van der Waals surface area contributed by atoms with Gasteiger partial charge in [-0.2, -0.15) is 0 Å². The summed E-state index contributed by atoms with van der Waals surface area (Å²) in [7, 11) is 0. The molecule has 0 bridgehead atoms. The maximum absolute atomic E-state index is 12.2. The molecule has 1 fully saturated rings. The highest BCUT2D eigenvalue weighted by atomic mass is 32.1. The molecule has 1 N–H and O–H groups in total. The zero-order chi connectivity index (χ0) is 15.4. The molecule has 1 amide bonds. The number of furan rings is 1. The van der Waals surface area contributed by atoms with Crippen molar-refractivity contribution in [2.45, 2.75) is 12.5 Å². The van der Waals surface area contributed by atoms with E-state index in [0.29, 0.717) is 18.8 Å². The molecule has 22 heavy (non-hydrogen) atoms. The smallest absolute Gasteiger partial charge is 0.289 e. The molecular formula is C16H20N2O3S. The molecule has 1 aliphatic rings. The molecule has 3 rings (SSSR count). The average molecular weight is 320 g/mol. The molecular weight excluding hydrogens is 300 g/mol. The average Bonchev–Trinajstić information content (AvgIpc) is 3.25. The molecule has 0 aliphatic carbocycles. The Hall–Kier alpha value is -1.63. The maximum Gasteiger partial charge on any atom is 0.289 e. The number of aliphatic hydroxyl groups excluding tert-OH is 1. The van der Waals surface area contributed by atoms with E-state index >= 15 is 0 Å². The van der Waals surface area contributed by atoms with Gasteiger partial charge in [-0.3, -0.25) is 9.69 Å². The van der Waals surface area contributed by atoms with E-state index in [9.17, 15) is 9.90 Å². The van der Waals surface area contributed by atoms with Gasteiger partial charge >= 0.3 is 0 Å². The summed E-state index contributed by atoms with van der Waals surface area (Å²) in [5.41, 5.74) is 0. The lowest BCUT2D eigenvalue weighted by Crippen LogP contribution is -2.48. The van der Waals surface area contributed by atoms with Crippen molar-refractivity contribution in [1.82, 2.24) is 9.80 Å². The summed E-state index contributed by atoms with van der Waals surface area (Å²) >= 11 is 1.59. The molecule has 0 saturated carbocycles. The van der Waals surface area contributed by atoms with Crippen molar-refractivity contribution < 1.29 is 14.3 Å². The van der Waals surface area contributed by atoms with Crippen molar-refractivity contribution in [1.29, 1.82) is 0 Å². The molecule has 5 nitrogen and oxygen atoms in total. The first-order valence-corrected chi connectivity index (χ1v) is 8.38. The lowest BCUT2D eigenvalue weighted by molar-refractivity contribution is 0.0579. The van der Waals surface area contributed by atoms with Crippen LogP contribution in [0.2, 0.25) is 0 Å². The summed E-state index contributed by atoms with van der Waals surface area (Å²) in [5, 5.41) is 12.1. The topological polar surface area (TPSA) is 56.9 Å². The van der Waals surface area contributed by atoms with Crippen molar-refractivity contribution in [2.75, 3.05) is 32.7 Å². The third-order valence-corrected chi connectivity index (χ3v) is 4.96. The molecule has 2 aromatic rings. The van der Waals surface area contributed by atoms with Gasteiger partial charge in [0.1, 0.15) is 0 Å². The van der Waals surface area contributed by atoms with Crippen molar-refractivity contribution in [3.05, 3.63) is 46.5 Å². The number of hydrogen-bond acceptors (Lipinski definition) is 5. The number of nitrogens with zero attached hydrogens (tertiary/aromatic N) is 2. The molecule has 118 valence electrons. The molecule has 1 aliphatic heterocycles. The molecule has 2 aromatic heterocycles. The summed E-state index contributed by atoms with van der Waals surface area (Å²) in [6.45, 7) is 3.93. The van der Waals surface area contributed by atoms with Crippen molar-refractivity contribution in [3.63, 3.8) is 0 Å². The Balaban J connectivity index is 1.43. The highest BCUT2D eigenvalue weighted by Crippen LogP contribution is 2.22. The van der Waals surface area contributed by atoms with Crippen LogP contribution < -0.4 is 0 Å². The first-order valence-electron chi connectivity index (χ1n) is 7.50. The lowest BCUT2D eigenvalue weighted by Gasteiger charge is -2.34. The first-order chi connectivity index (χ1) is 10.7. The van der Waals surface area contributed by atoms with Gasteiger partial charge in [0, 0.05) is 37.6 Å². The molecule has 0 aromatic carbocycles. The standard InChI is InChI=1S/C16H20N2O3S/c19-13(15-4-2-12-22-15)5-6-17-7-9-18(10-8-17)16(20)14-3-1-11-21-14/h1-4,11-13,19H,5-10H2. The van der Waals surface area contributed by atoms with Gasteiger partial charge in [0.25, 0.3) is 5.91 Å². The van der Waals surface area contributed by atoms with Gasteiger partial charge in [-0.1, -0.05) is 6.07 Å². The zero-order valence-electron chi connectivity index (χ0n) is 12.4. The molecule has 1 atom stereocenters. The number of rotatable bonds is 5. The minimum Gasteiger partial charge on any atom is -0.459 e. The second kappa shape index (κ2) is 7.09. The van der Waals surface area contributed by atoms with Crippen LogP contribution in [0.1, 0.15) is 28.0 Å². The van der Waals surface area contributed by atoms with Crippen LogP contribution in [0.4, 0.5) is 0 Å². The zero-order valence-corrected chi connectivity index (χ0v) is 13.2. The second-order valence-corrected chi connectivity index (χ2v) is 6.41. The van der Waals surface area contributed by atoms with E-state index in [-0.39, 0.29) is 12.0 Å². The third-order valence-electron chi connectivity index (χ3n) is 3.98. The van der Waals surface area contributed by atoms with Crippen LogP contribution in [0.5, 0.6) is 0 Å². The van der Waals surface area contributed by atoms with Crippen LogP contribution >= 0.6 is 11.3 Å². The number of hydrogen-bond donors (Lipinski definition) is 1. The Morgan fingerprint density at radius 2 is 2.09 bits per heavy atom. The van der Waals surface area contributed by atoms with Crippen LogP contribution in [0.15, 0.2) is 40.3 Å². The van der Waals surface area contributed by atoms with Crippen LogP contribution in [-0.4, -0.2) is 53.5 Å². The Kier molecular flexibility index (Phi) is 4.92. The van der Waals surface area contributed by atoms with E-state index in [1.807, 2.05) is 22.4 Å². The SMILES string of the molecule is O=C(c1ccco1)N1CCN(CCC(O)c2cccs2)CC1. The Labute approximate surface area is 133 Å². The van der Waals surface area contributed by atoms with Crippen LogP contribution in [0.3, 0.4) is 0 Å². The van der Waals surface area contributed by atoms with E-state index in [1.54, 1.807) is 23.5 Å². The van der Waals surface area contributed by atoms with Gasteiger partial charge in [-0.25, -0.2) is 0 Å². The number of amides is 1. The van der Waals surface area contributed by atoms with Crippen LogP contribution in [0.25, 0.3) is 0 Å². The third kappa shape index (κ3) is 3.58. The van der Waals surface area contributed by atoms with Crippen molar-refractivity contribution >= 4 is 17.2 Å². The van der Waals surface area contributed by atoms with Gasteiger partial charge in [0.05, 0.1) is 12.4 Å². The summed E-state index contributed by atoms with van der Waals surface area (Å²) in [6, 6.07) is 7.36. The van der Waals surface area contributed by atoms with Gasteiger partial charge < -0.3 is 14.4 Å². The normalized spacial score (nSPS) is 17.6. The van der Waals surface area contributed by atoms with E-state index in [0.717, 1.165) is 30.9 Å². The predicted octanol–water partition coefficient (Wildman–Crippen LogP) is 2.22. The van der Waals surface area contributed by atoms with Crippen LogP contribution in [0, 0.1) is 0 Å².